The minimum Gasteiger partial charge on any atom is -0.460 e. The maximum absolute atomic E-state index is 15.5. The van der Waals surface area contributed by atoms with Crippen molar-refractivity contribution in [3.63, 3.8) is 0 Å². The third-order valence-corrected chi connectivity index (χ3v) is 10.9. The summed E-state index contributed by atoms with van der Waals surface area (Å²) < 4.78 is 52.1. The number of Topliss-reactive ketones (excluding diaryl/α,β-unsaturated/α-hetero) is 1. The van der Waals surface area contributed by atoms with Crippen molar-refractivity contribution in [1.29, 1.82) is 0 Å². The molecule has 3 heterocycles. The number of ketones is 1. The molecule has 1 aromatic heterocycles. The fourth-order valence-corrected chi connectivity index (χ4v) is 8.48. The van der Waals surface area contributed by atoms with Crippen molar-refractivity contribution in [3.8, 4) is 0 Å². The summed E-state index contributed by atoms with van der Waals surface area (Å²) in [6, 6.07) is 6.77. The molecular formula is C28H33F2N3O4S. The van der Waals surface area contributed by atoms with Crippen molar-refractivity contribution >= 4 is 27.2 Å². The predicted molar refractivity (Wildman–Crippen MR) is 142 cm³/mol. The van der Waals surface area contributed by atoms with Gasteiger partial charge in [0.15, 0.2) is 5.78 Å². The second-order valence-corrected chi connectivity index (χ2v) is 14.4. The molecule has 0 saturated carbocycles. The molecule has 0 N–H and O–H groups in total. The molecule has 0 radical (unpaired) electrons. The van der Waals surface area contributed by atoms with E-state index in [9.17, 15) is 18.2 Å². The van der Waals surface area contributed by atoms with E-state index in [0.717, 1.165) is 12.3 Å². The number of rotatable bonds is 6. The Kier molecular flexibility index (Phi) is 7.10. The standard InChI is InChI=1S/C28H33F2N3O4S/c1-26(2,3)37-25(35)15-23-27(4,5)38(36)24(11-12-32-38)28(6,33-23)19-13-17(7-9-20(19)30)14-22(34)21-10-8-18(29)16-31-21/h7-10,13,16,24H,11-12,14-15H2,1-6H3/t24-,28+,38+/m0/s1. The monoisotopic (exact) mass is 545 g/mol. The van der Waals surface area contributed by atoms with Crippen molar-refractivity contribution in [3.05, 3.63) is 65.0 Å². The molecule has 10 heteroatoms. The number of aliphatic imine (C=N–C) groups is 1. The first-order valence-corrected chi connectivity index (χ1v) is 14.1. The highest BCUT2D eigenvalue weighted by molar-refractivity contribution is 7.96. The number of hydrogen-bond donors (Lipinski definition) is 0. The lowest BCUT2D eigenvalue weighted by Crippen LogP contribution is -2.56. The fraction of sp³-hybridized carbons (Fsp3) is 0.500. The number of esters is 1. The number of ether oxygens (including phenoxy) is 1. The molecule has 4 rings (SSSR count). The Morgan fingerprint density at radius 2 is 1.82 bits per heavy atom. The molecule has 2 aliphatic rings. The maximum atomic E-state index is 15.5. The molecule has 3 atom stereocenters. The van der Waals surface area contributed by atoms with Crippen molar-refractivity contribution in [2.45, 2.75) is 81.9 Å². The minimum absolute atomic E-state index is 0.0909. The van der Waals surface area contributed by atoms with E-state index >= 15 is 4.39 Å². The van der Waals surface area contributed by atoms with Gasteiger partial charge in [-0.15, -0.1) is 0 Å². The van der Waals surface area contributed by atoms with Crippen LogP contribution in [0.15, 0.2) is 45.9 Å². The third-order valence-electron chi connectivity index (χ3n) is 7.17. The number of carbonyl (C=O) groups is 2. The first-order valence-electron chi connectivity index (χ1n) is 12.5. The van der Waals surface area contributed by atoms with E-state index in [-0.39, 0.29) is 29.9 Å². The van der Waals surface area contributed by atoms with Gasteiger partial charge in [-0.2, -0.15) is 0 Å². The molecule has 2 aliphatic heterocycles. The molecule has 204 valence electrons. The van der Waals surface area contributed by atoms with E-state index in [1.54, 1.807) is 47.6 Å². The molecule has 0 unspecified atom stereocenters. The molecule has 0 fully saturated rings. The molecule has 0 saturated heterocycles. The highest BCUT2D eigenvalue weighted by Crippen LogP contribution is 2.49. The average molecular weight is 546 g/mol. The van der Waals surface area contributed by atoms with Gasteiger partial charge >= 0.3 is 5.97 Å². The molecular weight excluding hydrogens is 512 g/mol. The number of halogens is 2. The number of carbonyl (C=O) groups excluding carboxylic acids is 2. The number of pyridine rings is 1. The zero-order valence-corrected chi connectivity index (χ0v) is 23.3. The summed E-state index contributed by atoms with van der Waals surface area (Å²) in [4.78, 5) is 34.3. The van der Waals surface area contributed by atoms with E-state index < -0.39 is 48.5 Å². The summed E-state index contributed by atoms with van der Waals surface area (Å²) in [5.74, 6) is -1.98. The summed E-state index contributed by atoms with van der Waals surface area (Å²) in [5, 5.41) is -0.591. The molecule has 0 bridgehead atoms. The highest BCUT2D eigenvalue weighted by Gasteiger charge is 2.57. The van der Waals surface area contributed by atoms with Crippen LogP contribution in [0.4, 0.5) is 8.78 Å². The van der Waals surface area contributed by atoms with Gasteiger partial charge in [-0.1, -0.05) is 6.07 Å². The fourth-order valence-electron chi connectivity index (χ4n) is 5.21. The van der Waals surface area contributed by atoms with Crippen LogP contribution in [0.25, 0.3) is 0 Å². The van der Waals surface area contributed by atoms with E-state index in [1.165, 1.54) is 18.2 Å². The van der Waals surface area contributed by atoms with Gasteiger partial charge in [-0.3, -0.25) is 19.6 Å². The van der Waals surface area contributed by atoms with Crippen LogP contribution in [0.2, 0.25) is 0 Å². The topological polar surface area (TPSA) is 98.1 Å². The van der Waals surface area contributed by atoms with Crippen molar-refractivity contribution in [2.24, 2.45) is 9.36 Å². The van der Waals surface area contributed by atoms with Crippen molar-refractivity contribution in [1.82, 2.24) is 4.98 Å². The molecule has 0 amide bonds. The summed E-state index contributed by atoms with van der Waals surface area (Å²) in [6.07, 6.45) is 1.13. The Labute approximate surface area is 222 Å². The predicted octanol–water partition coefficient (Wildman–Crippen LogP) is 5.21. The quantitative estimate of drug-likeness (QED) is 0.367. The zero-order valence-electron chi connectivity index (χ0n) is 22.5. The van der Waals surface area contributed by atoms with Crippen LogP contribution in [0.5, 0.6) is 0 Å². The van der Waals surface area contributed by atoms with Crippen LogP contribution in [-0.4, -0.2) is 48.8 Å². The van der Waals surface area contributed by atoms with Crippen molar-refractivity contribution in [2.75, 3.05) is 6.54 Å². The second kappa shape index (κ2) is 9.63. The number of benzene rings is 1. The SMILES string of the molecule is CC(C)(C)OC(=O)CC1=N[C@](C)(c2cc(CC(=O)c3ccc(F)cn3)ccc2F)[C@@H]2CCN=[S@]2(=O)C1(C)C. The second-order valence-electron chi connectivity index (χ2n) is 11.5. The Bertz CT molecular complexity index is 1440. The smallest absolute Gasteiger partial charge is 0.312 e. The summed E-state index contributed by atoms with van der Waals surface area (Å²) in [6.45, 7) is 10.9. The Hall–Kier alpha value is -3.01. The molecule has 0 aliphatic carbocycles. The van der Waals surface area contributed by atoms with Gasteiger partial charge in [0.2, 0.25) is 0 Å². The normalized spacial score (nSPS) is 26.2. The van der Waals surface area contributed by atoms with E-state index in [2.05, 4.69) is 9.35 Å². The first kappa shape index (κ1) is 28.0. The summed E-state index contributed by atoms with van der Waals surface area (Å²) >= 11 is 0. The van der Waals surface area contributed by atoms with Crippen LogP contribution < -0.4 is 0 Å². The van der Waals surface area contributed by atoms with E-state index in [4.69, 9.17) is 9.73 Å². The van der Waals surface area contributed by atoms with Gasteiger partial charge in [0.1, 0.15) is 28.5 Å². The van der Waals surface area contributed by atoms with E-state index in [1.807, 2.05) is 0 Å². The lowest BCUT2D eigenvalue weighted by molar-refractivity contribution is -0.153. The van der Waals surface area contributed by atoms with Gasteiger partial charge in [-0.25, -0.2) is 17.4 Å². The average Bonchev–Trinajstić information content (AvgIpc) is 3.23. The Balaban J connectivity index is 1.78. The molecule has 38 heavy (non-hydrogen) atoms. The molecule has 0 spiro atoms. The Morgan fingerprint density at radius 3 is 2.45 bits per heavy atom. The number of hydrogen-bond acceptors (Lipinski definition) is 7. The van der Waals surface area contributed by atoms with Gasteiger partial charge in [-0.05, 0) is 77.8 Å². The van der Waals surface area contributed by atoms with Gasteiger partial charge in [0.05, 0.1) is 32.3 Å². The Morgan fingerprint density at radius 1 is 1.11 bits per heavy atom. The minimum atomic E-state index is -2.96. The van der Waals surface area contributed by atoms with Crippen molar-refractivity contribution < 1.29 is 27.3 Å². The lowest BCUT2D eigenvalue weighted by atomic mass is 9.84. The number of aromatic nitrogens is 1. The van der Waals surface area contributed by atoms with Gasteiger partial charge < -0.3 is 4.74 Å². The molecule has 7 nitrogen and oxygen atoms in total. The maximum Gasteiger partial charge on any atom is 0.312 e. The van der Waals surface area contributed by atoms with Crippen LogP contribution in [0.1, 0.15) is 76.0 Å². The molecule has 1 aromatic carbocycles. The largest absolute Gasteiger partial charge is 0.460 e. The van der Waals surface area contributed by atoms with Crippen LogP contribution in [0.3, 0.4) is 0 Å². The van der Waals surface area contributed by atoms with Crippen LogP contribution in [0, 0.1) is 11.6 Å². The highest BCUT2D eigenvalue weighted by atomic mass is 32.2. The van der Waals surface area contributed by atoms with E-state index in [0.29, 0.717) is 24.2 Å². The van der Waals surface area contributed by atoms with Crippen LogP contribution >= 0.6 is 0 Å². The lowest BCUT2D eigenvalue weighted by Gasteiger charge is -2.46. The third kappa shape index (κ3) is 5.02. The van der Waals surface area contributed by atoms with Crippen LogP contribution in [-0.2, 0) is 31.2 Å². The van der Waals surface area contributed by atoms with Gasteiger partial charge in [0, 0.05) is 24.2 Å². The molecule has 2 aromatic rings. The number of fused-ring (bicyclic) bond motifs is 1. The summed E-state index contributed by atoms with van der Waals surface area (Å²) in [5.41, 5.74) is -0.873. The first-order chi connectivity index (χ1) is 17.6. The summed E-state index contributed by atoms with van der Waals surface area (Å²) in [7, 11) is -2.96. The van der Waals surface area contributed by atoms with Gasteiger partial charge in [0.25, 0.3) is 0 Å². The number of nitrogens with zero attached hydrogens (tertiary/aromatic N) is 3. The zero-order chi connectivity index (χ0) is 28.1.